The molecular formula is C21H15N3O5. The molecule has 1 aliphatic carbocycles. The minimum Gasteiger partial charge on any atom is -0.507 e. The molecule has 0 unspecified atom stereocenters. The third-order valence-corrected chi connectivity index (χ3v) is 4.84. The van der Waals surface area contributed by atoms with Crippen molar-refractivity contribution in [1.29, 1.82) is 0 Å². The molecule has 29 heavy (non-hydrogen) atoms. The van der Waals surface area contributed by atoms with E-state index in [1.165, 1.54) is 0 Å². The van der Waals surface area contributed by atoms with Crippen LogP contribution in [-0.2, 0) is 10.4 Å². The number of amides is 1. The van der Waals surface area contributed by atoms with Crippen LogP contribution in [0.2, 0.25) is 0 Å². The fourth-order valence-corrected chi connectivity index (χ4v) is 3.46. The number of nitro groups is 1. The fraction of sp³-hybridized carbons (Fsp3) is 0.0476. The van der Waals surface area contributed by atoms with Gasteiger partial charge in [-0.05, 0) is 17.2 Å². The van der Waals surface area contributed by atoms with Crippen molar-refractivity contribution in [3.8, 4) is 16.9 Å². The van der Waals surface area contributed by atoms with Gasteiger partial charge in [-0.1, -0.05) is 48.5 Å². The Bertz CT molecular complexity index is 1130. The van der Waals surface area contributed by atoms with Crippen molar-refractivity contribution < 1.29 is 19.9 Å². The molecule has 0 aromatic heterocycles. The molecule has 0 bridgehead atoms. The molecule has 4 rings (SSSR count). The van der Waals surface area contributed by atoms with Crippen LogP contribution in [0.1, 0.15) is 16.7 Å². The molecule has 1 aliphatic rings. The van der Waals surface area contributed by atoms with Crippen LogP contribution in [0.3, 0.4) is 0 Å². The molecule has 0 saturated heterocycles. The monoisotopic (exact) mass is 389 g/mol. The number of hydrogen-bond donors (Lipinski definition) is 3. The highest BCUT2D eigenvalue weighted by molar-refractivity contribution is 5.99. The average Bonchev–Trinajstić information content (AvgIpc) is 3.00. The zero-order valence-electron chi connectivity index (χ0n) is 14.9. The molecule has 3 aromatic rings. The zero-order chi connectivity index (χ0) is 20.6. The highest BCUT2D eigenvalue weighted by Gasteiger charge is 2.47. The Morgan fingerprint density at radius 3 is 2.21 bits per heavy atom. The van der Waals surface area contributed by atoms with E-state index in [9.17, 15) is 25.1 Å². The van der Waals surface area contributed by atoms with Crippen molar-refractivity contribution in [3.63, 3.8) is 0 Å². The Morgan fingerprint density at radius 1 is 1.03 bits per heavy atom. The maximum Gasteiger partial charge on any atom is 0.281 e. The van der Waals surface area contributed by atoms with Crippen LogP contribution in [0.5, 0.6) is 5.75 Å². The van der Waals surface area contributed by atoms with Crippen LogP contribution in [0, 0.1) is 10.1 Å². The number of carbonyl (C=O) groups is 1. The van der Waals surface area contributed by atoms with E-state index in [0.29, 0.717) is 11.1 Å². The van der Waals surface area contributed by atoms with Crippen LogP contribution in [0.15, 0.2) is 71.8 Å². The predicted molar refractivity (Wildman–Crippen MR) is 105 cm³/mol. The number of aromatic hydroxyl groups is 1. The van der Waals surface area contributed by atoms with Crippen LogP contribution in [-0.4, -0.2) is 27.3 Å². The van der Waals surface area contributed by atoms with E-state index in [0.717, 1.165) is 35.5 Å². The number of non-ortho nitro benzene ring substituents is 1. The van der Waals surface area contributed by atoms with Crippen LogP contribution in [0.4, 0.5) is 5.69 Å². The molecule has 144 valence electrons. The van der Waals surface area contributed by atoms with Gasteiger partial charge in [-0.2, -0.15) is 5.10 Å². The Balaban J connectivity index is 1.65. The molecule has 0 fully saturated rings. The van der Waals surface area contributed by atoms with Crippen molar-refractivity contribution in [2.45, 2.75) is 5.60 Å². The summed E-state index contributed by atoms with van der Waals surface area (Å²) in [6, 6.07) is 17.5. The lowest BCUT2D eigenvalue weighted by Crippen LogP contribution is -2.42. The number of fused-ring (bicyclic) bond motifs is 3. The second-order valence-electron chi connectivity index (χ2n) is 6.50. The summed E-state index contributed by atoms with van der Waals surface area (Å²) in [7, 11) is 0. The first kappa shape index (κ1) is 18.3. The molecule has 8 heteroatoms. The van der Waals surface area contributed by atoms with Gasteiger partial charge in [-0.15, -0.1) is 0 Å². The number of aliphatic hydroxyl groups is 1. The molecule has 3 aromatic carbocycles. The SMILES string of the molecule is O=C(N/N=C\c1cc([N+](=O)[O-])ccc1O)C1(O)c2ccccc2-c2ccccc21. The summed E-state index contributed by atoms with van der Waals surface area (Å²) in [5.41, 5.74) is 2.54. The number of nitrogens with one attached hydrogen (secondary N) is 1. The van der Waals surface area contributed by atoms with E-state index < -0.39 is 16.4 Å². The van der Waals surface area contributed by atoms with Crippen molar-refractivity contribution in [2.75, 3.05) is 0 Å². The smallest absolute Gasteiger partial charge is 0.281 e. The van der Waals surface area contributed by atoms with E-state index in [-0.39, 0.29) is 17.0 Å². The van der Waals surface area contributed by atoms with Gasteiger partial charge in [0.15, 0.2) is 5.60 Å². The number of rotatable bonds is 4. The summed E-state index contributed by atoms with van der Waals surface area (Å²) in [5.74, 6) is -1.01. The van der Waals surface area contributed by atoms with Gasteiger partial charge in [0.1, 0.15) is 5.75 Å². The van der Waals surface area contributed by atoms with Crippen LogP contribution >= 0.6 is 0 Å². The lowest BCUT2D eigenvalue weighted by Gasteiger charge is -2.23. The Hall–Kier alpha value is -4.04. The van der Waals surface area contributed by atoms with Crippen molar-refractivity contribution in [3.05, 3.63) is 93.5 Å². The average molecular weight is 389 g/mol. The lowest BCUT2D eigenvalue weighted by atomic mass is 9.91. The van der Waals surface area contributed by atoms with Crippen LogP contribution in [0.25, 0.3) is 11.1 Å². The van der Waals surface area contributed by atoms with E-state index in [1.807, 2.05) is 24.3 Å². The van der Waals surface area contributed by atoms with Gasteiger partial charge in [0.05, 0.1) is 11.1 Å². The van der Waals surface area contributed by atoms with Gasteiger partial charge in [0.2, 0.25) is 0 Å². The Kier molecular flexibility index (Phi) is 4.33. The van der Waals surface area contributed by atoms with Gasteiger partial charge in [-0.3, -0.25) is 14.9 Å². The summed E-state index contributed by atoms with van der Waals surface area (Å²) < 4.78 is 0. The van der Waals surface area contributed by atoms with Gasteiger partial charge in [0, 0.05) is 28.8 Å². The third kappa shape index (κ3) is 2.91. The molecule has 0 saturated carbocycles. The minimum absolute atomic E-state index is 0.0544. The van der Waals surface area contributed by atoms with E-state index in [2.05, 4.69) is 10.5 Å². The van der Waals surface area contributed by atoms with Gasteiger partial charge in [-0.25, -0.2) is 5.43 Å². The number of hydrogen-bond acceptors (Lipinski definition) is 6. The summed E-state index contributed by atoms with van der Waals surface area (Å²) in [6.07, 6.45) is 1.08. The number of carbonyl (C=O) groups excluding carboxylic acids is 1. The first-order valence-electron chi connectivity index (χ1n) is 8.65. The van der Waals surface area contributed by atoms with Gasteiger partial charge < -0.3 is 10.2 Å². The quantitative estimate of drug-likeness (QED) is 0.359. The largest absolute Gasteiger partial charge is 0.507 e. The maximum atomic E-state index is 12.9. The van der Waals surface area contributed by atoms with Crippen molar-refractivity contribution in [1.82, 2.24) is 5.43 Å². The normalized spacial score (nSPS) is 13.7. The third-order valence-electron chi connectivity index (χ3n) is 4.84. The molecule has 8 nitrogen and oxygen atoms in total. The lowest BCUT2D eigenvalue weighted by molar-refractivity contribution is -0.384. The molecule has 3 N–H and O–H groups in total. The molecule has 0 radical (unpaired) electrons. The second kappa shape index (κ2) is 6.84. The first-order valence-corrected chi connectivity index (χ1v) is 8.65. The van der Waals surface area contributed by atoms with E-state index in [4.69, 9.17) is 0 Å². The van der Waals surface area contributed by atoms with E-state index in [1.54, 1.807) is 24.3 Å². The predicted octanol–water partition coefficient (Wildman–Crippen LogP) is 2.67. The number of nitrogens with zero attached hydrogens (tertiary/aromatic N) is 2. The van der Waals surface area contributed by atoms with Crippen molar-refractivity contribution in [2.24, 2.45) is 5.10 Å². The number of nitro benzene ring substituents is 1. The topological polar surface area (TPSA) is 125 Å². The summed E-state index contributed by atoms with van der Waals surface area (Å²) >= 11 is 0. The Labute approximate surface area is 164 Å². The second-order valence-corrected chi connectivity index (χ2v) is 6.50. The maximum absolute atomic E-state index is 12.9. The van der Waals surface area contributed by atoms with Gasteiger partial charge in [0.25, 0.3) is 11.6 Å². The first-order chi connectivity index (χ1) is 13.9. The molecular weight excluding hydrogens is 374 g/mol. The number of phenolic OH excluding ortho intramolecular Hbond substituents is 1. The van der Waals surface area contributed by atoms with Crippen molar-refractivity contribution >= 4 is 17.8 Å². The molecule has 0 heterocycles. The highest BCUT2D eigenvalue weighted by atomic mass is 16.6. The molecule has 1 amide bonds. The summed E-state index contributed by atoms with van der Waals surface area (Å²) in [6.45, 7) is 0. The van der Waals surface area contributed by atoms with E-state index >= 15 is 0 Å². The molecule has 0 aliphatic heterocycles. The van der Waals surface area contributed by atoms with Crippen LogP contribution < -0.4 is 5.43 Å². The number of phenols is 1. The number of benzene rings is 3. The highest BCUT2D eigenvalue weighted by Crippen LogP contribution is 2.47. The number of hydrazone groups is 1. The Morgan fingerprint density at radius 2 is 1.62 bits per heavy atom. The minimum atomic E-state index is -1.94. The molecule has 0 atom stereocenters. The summed E-state index contributed by atoms with van der Waals surface area (Å²) in [4.78, 5) is 23.2. The zero-order valence-corrected chi connectivity index (χ0v) is 14.9. The summed E-state index contributed by atoms with van der Waals surface area (Å²) in [5, 5.41) is 35.8. The van der Waals surface area contributed by atoms with Gasteiger partial charge >= 0.3 is 0 Å². The standard InChI is InChI=1S/C21H15N3O5/c25-19-10-9-14(24(28)29)11-13(19)12-22-23-20(26)21(27)17-7-3-1-5-15(17)16-6-2-4-8-18(16)21/h1-12,25,27H,(H,23,26)/b22-12-. The molecule has 0 spiro atoms. The fourth-order valence-electron chi connectivity index (χ4n) is 3.46.